The molecule has 0 amide bonds. The van der Waals surface area contributed by atoms with Gasteiger partial charge in [-0.2, -0.15) is 0 Å². The molecule has 1 unspecified atom stereocenters. The number of nitrogen functional groups attached to an aromatic ring is 1. The Kier molecular flexibility index (Phi) is 3.12. The van der Waals surface area contributed by atoms with E-state index < -0.39 is 0 Å². The Balaban J connectivity index is 2.77. The maximum Gasteiger partial charge on any atom is 0.216 e. The Morgan fingerprint density at radius 1 is 1.62 bits per heavy atom. The van der Waals surface area contributed by atoms with Gasteiger partial charge in [-0.25, -0.2) is 4.98 Å². The molecule has 0 fully saturated rings. The molecule has 0 saturated heterocycles. The highest BCUT2D eigenvalue weighted by Gasteiger charge is 2.05. The van der Waals surface area contributed by atoms with Gasteiger partial charge in [0.1, 0.15) is 0 Å². The fraction of sp³-hybridized carbons (Fsp3) is 0.500. The zero-order chi connectivity index (χ0) is 9.84. The fourth-order valence-electron chi connectivity index (χ4n) is 0.981. The monoisotopic (exact) mass is 180 g/mol. The lowest BCUT2D eigenvalue weighted by atomic mass is 10.2. The maximum absolute atomic E-state index is 5.58. The van der Waals surface area contributed by atoms with E-state index in [0.717, 1.165) is 12.0 Å². The van der Waals surface area contributed by atoms with E-state index in [1.165, 1.54) is 0 Å². The van der Waals surface area contributed by atoms with E-state index >= 15 is 0 Å². The van der Waals surface area contributed by atoms with Crippen LogP contribution in [0.15, 0.2) is 12.3 Å². The van der Waals surface area contributed by atoms with E-state index in [0.29, 0.717) is 11.6 Å². The highest BCUT2D eigenvalue weighted by Crippen LogP contribution is 2.18. The molecule has 0 aliphatic carbocycles. The van der Waals surface area contributed by atoms with Crippen LogP contribution in [0.3, 0.4) is 0 Å². The Bertz CT molecular complexity index is 286. The van der Waals surface area contributed by atoms with Crippen LogP contribution in [0.5, 0.6) is 5.88 Å². The third-order valence-corrected chi connectivity index (χ3v) is 1.94. The van der Waals surface area contributed by atoms with Crippen LogP contribution in [0.25, 0.3) is 0 Å². The molecule has 0 radical (unpaired) electrons. The highest BCUT2D eigenvalue weighted by molar-refractivity contribution is 5.41. The van der Waals surface area contributed by atoms with Crippen molar-refractivity contribution in [1.29, 1.82) is 0 Å². The first kappa shape index (κ1) is 9.84. The summed E-state index contributed by atoms with van der Waals surface area (Å²) in [6.45, 7) is 6.05. The summed E-state index contributed by atoms with van der Waals surface area (Å²) in [7, 11) is 0. The van der Waals surface area contributed by atoms with E-state index in [9.17, 15) is 0 Å². The van der Waals surface area contributed by atoms with Crippen LogP contribution in [0, 0.1) is 6.92 Å². The van der Waals surface area contributed by atoms with Crippen molar-refractivity contribution in [2.24, 2.45) is 0 Å². The molecule has 0 aromatic carbocycles. The first-order valence-corrected chi connectivity index (χ1v) is 4.52. The van der Waals surface area contributed by atoms with Gasteiger partial charge in [0.2, 0.25) is 5.88 Å². The second-order valence-corrected chi connectivity index (χ2v) is 3.23. The molecule has 1 aromatic heterocycles. The van der Waals surface area contributed by atoms with Crippen molar-refractivity contribution in [1.82, 2.24) is 4.98 Å². The Morgan fingerprint density at radius 2 is 2.31 bits per heavy atom. The van der Waals surface area contributed by atoms with Crippen LogP contribution in [-0.2, 0) is 0 Å². The third kappa shape index (κ3) is 2.61. The van der Waals surface area contributed by atoms with Gasteiger partial charge >= 0.3 is 0 Å². The summed E-state index contributed by atoms with van der Waals surface area (Å²) in [5.74, 6) is 0.684. The molecule has 0 aliphatic rings. The molecule has 1 heterocycles. The largest absolute Gasteiger partial charge is 0.474 e. The minimum Gasteiger partial charge on any atom is -0.474 e. The first-order chi connectivity index (χ1) is 6.13. The number of hydrogen-bond donors (Lipinski definition) is 1. The molecule has 3 heteroatoms. The Labute approximate surface area is 78.9 Å². The molecule has 0 bridgehead atoms. The molecular weight excluding hydrogens is 164 g/mol. The Morgan fingerprint density at radius 3 is 2.85 bits per heavy atom. The van der Waals surface area contributed by atoms with E-state index in [4.69, 9.17) is 10.5 Å². The molecule has 0 saturated carbocycles. The summed E-state index contributed by atoms with van der Waals surface area (Å²) in [4.78, 5) is 4.12. The summed E-state index contributed by atoms with van der Waals surface area (Å²) < 4.78 is 5.58. The van der Waals surface area contributed by atoms with Crippen LogP contribution in [0.4, 0.5) is 5.69 Å². The SMILES string of the molecule is CCC(C)Oc1ncc(N)cc1C. The summed E-state index contributed by atoms with van der Waals surface area (Å²) in [6.07, 6.45) is 2.80. The zero-order valence-electron chi connectivity index (χ0n) is 8.37. The lowest BCUT2D eigenvalue weighted by Gasteiger charge is -2.13. The number of nitrogens with zero attached hydrogens (tertiary/aromatic N) is 1. The molecule has 1 aromatic rings. The second-order valence-electron chi connectivity index (χ2n) is 3.23. The summed E-state index contributed by atoms with van der Waals surface area (Å²) >= 11 is 0. The second kappa shape index (κ2) is 4.12. The van der Waals surface area contributed by atoms with E-state index in [1.54, 1.807) is 6.20 Å². The highest BCUT2D eigenvalue weighted by atomic mass is 16.5. The minimum atomic E-state index is 0.204. The Hall–Kier alpha value is -1.25. The smallest absolute Gasteiger partial charge is 0.216 e. The number of nitrogens with two attached hydrogens (primary N) is 1. The molecule has 2 N–H and O–H groups in total. The van der Waals surface area contributed by atoms with Crippen molar-refractivity contribution in [3.8, 4) is 5.88 Å². The van der Waals surface area contributed by atoms with Gasteiger partial charge in [-0.15, -0.1) is 0 Å². The quantitative estimate of drug-likeness (QED) is 0.775. The molecule has 3 nitrogen and oxygen atoms in total. The first-order valence-electron chi connectivity index (χ1n) is 4.52. The number of anilines is 1. The number of hydrogen-bond acceptors (Lipinski definition) is 3. The lowest BCUT2D eigenvalue weighted by Crippen LogP contribution is -2.11. The molecule has 13 heavy (non-hydrogen) atoms. The van der Waals surface area contributed by atoms with Gasteiger partial charge in [0.05, 0.1) is 18.0 Å². The van der Waals surface area contributed by atoms with Gasteiger partial charge in [0, 0.05) is 5.56 Å². The topological polar surface area (TPSA) is 48.1 Å². The molecular formula is C10H16N2O. The van der Waals surface area contributed by atoms with Gasteiger partial charge in [-0.3, -0.25) is 0 Å². The molecule has 1 rings (SSSR count). The predicted molar refractivity (Wildman–Crippen MR) is 53.8 cm³/mol. The average Bonchev–Trinajstić information content (AvgIpc) is 2.09. The van der Waals surface area contributed by atoms with Gasteiger partial charge in [0.25, 0.3) is 0 Å². The van der Waals surface area contributed by atoms with Gasteiger partial charge < -0.3 is 10.5 Å². The van der Waals surface area contributed by atoms with Crippen molar-refractivity contribution < 1.29 is 4.74 Å². The molecule has 1 atom stereocenters. The maximum atomic E-state index is 5.58. The van der Waals surface area contributed by atoms with E-state index in [1.807, 2.05) is 19.9 Å². The number of ether oxygens (including phenoxy) is 1. The van der Waals surface area contributed by atoms with Gasteiger partial charge in [-0.1, -0.05) is 6.92 Å². The number of rotatable bonds is 3. The minimum absolute atomic E-state index is 0.204. The predicted octanol–water partition coefficient (Wildman–Crippen LogP) is 2.15. The van der Waals surface area contributed by atoms with Gasteiger partial charge in [0.15, 0.2) is 0 Å². The van der Waals surface area contributed by atoms with Crippen LogP contribution in [0.1, 0.15) is 25.8 Å². The fourth-order valence-corrected chi connectivity index (χ4v) is 0.981. The van der Waals surface area contributed by atoms with Crippen molar-refractivity contribution >= 4 is 5.69 Å². The lowest BCUT2D eigenvalue weighted by molar-refractivity contribution is 0.207. The van der Waals surface area contributed by atoms with Crippen LogP contribution < -0.4 is 10.5 Å². The third-order valence-electron chi connectivity index (χ3n) is 1.94. The summed E-state index contributed by atoms with van der Waals surface area (Å²) in [5, 5.41) is 0. The van der Waals surface area contributed by atoms with E-state index in [2.05, 4.69) is 11.9 Å². The normalized spacial score (nSPS) is 12.5. The standard InChI is InChI=1S/C10H16N2O/c1-4-8(3)13-10-7(2)5-9(11)6-12-10/h5-6,8H,4,11H2,1-3H3. The number of aryl methyl sites for hydroxylation is 1. The average molecular weight is 180 g/mol. The number of aromatic nitrogens is 1. The van der Waals surface area contributed by atoms with Crippen LogP contribution >= 0.6 is 0 Å². The number of pyridine rings is 1. The molecule has 0 spiro atoms. The van der Waals surface area contributed by atoms with Gasteiger partial charge in [-0.05, 0) is 26.3 Å². The van der Waals surface area contributed by atoms with Crippen molar-refractivity contribution in [3.05, 3.63) is 17.8 Å². The van der Waals surface area contributed by atoms with Crippen LogP contribution in [-0.4, -0.2) is 11.1 Å². The molecule has 0 aliphatic heterocycles. The summed E-state index contributed by atoms with van der Waals surface area (Å²) in [5.41, 5.74) is 7.23. The zero-order valence-corrected chi connectivity index (χ0v) is 8.37. The van der Waals surface area contributed by atoms with Crippen LogP contribution in [0.2, 0.25) is 0 Å². The van der Waals surface area contributed by atoms with Crippen molar-refractivity contribution in [2.75, 3.05) is 5.73 Å². The van der Waals surface area contributed by atoms with Crippen molar-refractivity contribution in [2.45, 2.75) is 33.3 Å². The van der Waals surface area contributed by atoms with E-state index in [-0.39, 0.29) is 6.10 Å². The van der Waals surface area contributed by atoms with Crippen molar-refractivity contribution in [3.63, 3.8) is 0 Å². The molecule has 72 valence electrons. The summed E-state index contributed by atoms with van der Waals surface area (Å²) in [6, 6.07) is 1.87.